The Morgan fingerprint density at radius 3 is 2.20 bits per heavy atom. The zero-order valence-corrected chi connectivity index (χ0v) is 10.8. The number of rotatable bonds is 2. The SMILES string of the molecule is CC(C)[C@H](C)c1cc(C(C)(C)C)ccn1. The first-order valence-electron chi connectivity index (χ1n) is 5.79. The minimum absolute atomic E-state index is 0.217. The van der Waals surface area contributed by atoms with Crippen LogP contribution in [0.5, 0.6) is 0 Å². The summed E-state index contributed by atoms with van der Waals surface area (Å²) in [7, 11) is 0. The Morgan fingerprint density at radius 2 is 1.73 bits per heavy atom. The molecular weight excluding hydrogens is 182 g/mol. The second kappa shape index (κ2) is 4.34. The molecule has 0 aliphatic heterocycles. The summed E-state index contributed by atoms with van der Waals surface area (Å²) in [6.07, 6.45) is 1.94. The van der Waals surface area contributed by atoms with E-state index in [4.69, 9.17) is 0 Å². The molecule has 0 unspecified atom stereocenters. The molecule has 0 fully saturated rings. The van der Waals surface area contributed by atoms with Crippen molar-refractivity contribution in [2.24, 2.45) is 5.92 Å². The molecule has 0 bridgehead atoms. The van der Waals surface area contributed by atoms with Crippen molar-refractivity contribution >= 4 is 0 Å². The fraction of sp³-hybridized carbons (Fsp3) is 0.643. The lowest BCUT2D eigenvalue weighted by atomic mass is 9.85. The molecule has 0 spiro atoms. The third-order valence-electron chi connectivity index (χ3n) is 3.11. The van der Waals surface area contributed by atoms with Crippen molar-refractivity contribution in [3.63, 3.8) is 0 Å². The maximum Gasteiger partial charge on any atom is 0.0437 e. The highest BCUT2D eigenvalue weighted by Crippen LogP contribution is 2.27. The summed E-state index contributed by atoms with van der Waals surface area (Å²) in [5.41, 5.74) is 2.81. The molecule has 0 saturated carbocycles. The lowest BCUT2D eigenvalue weighted by Crippen LogP contribution is -2.13. The summed E-state index contributed by atoms with van der Waals surface area (Å²) in [5.74, 6) is 1.18. The van der Waals surface area contributed by atoms with E-state index in [0.717, 1.165) is 0 Å². The number of hydrogen-bond acceptors (Lipinski definition) is 1. The van der Waals surface area contributed by atoms with Gasteiger partial charge in [0.15, 0.2) is 0 Å². The van der Waals surface area contributed by atoms with Crippen molar-refractivity contribution in [1.29, 1.82) is 0 Å². The molecule has 1 atom stereocenters. The van der Waals surface area contributed by atoms with Gasteiger partial charge >= 0.3 is 0 Å². The number of nitrogens with zero attached hydrogens (tertiary/aromatic N) is 1. The predicted molar refractivity (Wildman–Crippen MR) is 66.2 cm³/mol. The highest BCUT2D eigenvalue weighted by molar-refractivity contribution is 5.25. The van der Waals surface area contributed by atoms with Crippen molar-refractivity contribution in [2.45, 2.75) is 52.9 Å². The van der Waals surface area contributed by atoms with Crippen LogP contribution in [0, 0.1) is 5.92 Å². The normalized spacial score (nSPS) is 14.3. The van der Waals surface area contributed by atoms with Crippen LogP contribution in [-0.2, 0) is 5.41 Å². The third kappa shape index (κ3) is 3.05. The standard InChI is InChI=1S/C14H23N/c1-10(2)11(3)13-9-12(7-8-15-13)14(4,5)6/h7-11H,1-6H3/t11-/m0/s1. The second-order valence-electron chi connectivity index (χ2n) is 5.75. The molecule has 1 aromatic rings. The molecule has 0 radical (unpaired) electrons. The smallest absolute Gasteiger partial charge is 0.0437 e. The molecule has 0 aromatic carbocycles. The van der Waals surface area contributed by atoms with Gasteiger partial charge in [0.2, 0.25) is 0 Å². The van der Waals surface area contributed by atoms with E-state index in [1.807, 2.05) is 6.20 Å². The first-order valence-corrected chi connectivity index (χ1v) is 5.79. The lowest BCUT2D eigenvalue weighted by Gasteiger charge is -2.22. The number of hydrogen-bond donors (Lipinski definition) is 0. The first-order chi connectivity index (χ1) is 6.82. The topological polar surface area (TPSA) is 12.9 Å². The largest absolute Gasteiger partial charge is 0.261 e. The summed E-state index contributed by atoms with van der Waals surface area (Å²) in [6, 6.07) is 4.38. The van der Waals surface area contributed by atoms with Gasteiger partial charge in [0.1, 0.15) is 0 Å². The predicted octanol–water partition coefficient (Wildman–Crippen LogP) is 4.14. The molecule has 0 aliphatic carbocycles. The molecule has 1 heteroatoms. The summed E-state index contributed by atoms with van der Waals surface area (Å²) < 4.78 is 0. The molecule has 0 aliphatic rings. The zero-order chi connectivity index (χ0) is 11.6. The Kier molecular flexibility index (Phi) is 3.54. The van der Waals surface area contributed by atoms with Crippen LogP contribution in [0.25, 0.3) is 0 Å². The monoisotopic (exact) mass is 205 g/mol. The van der Waals surface area contributed by atoms with Gasteiger partial charge in [-0.15, -0.1) is 0 Å². The van der Waals surface area contributed by atoms with E-state index in [2.05, 4.69) is 58.7 Å². The molecule has 1 heterocycles. The highest BCUT2D eigenvalue weighted by atomic mass is 14.7. The van der Waals surface area contributed by atoms with E-state index >= 15 is 0 Å². The molecule has 0 N–H and O–H groups in total. The van der Waals surface area contributed by atoms with Gasteiger partial charge in [0, 0.05) is 17.8 Å². The minimum Gasteiger partial charge on any atom is -0.261 e. The maximum absolute atomic E-state index is 4.47. The molecule has 0 amide bonds. The Balaban J connectivity index is 3.03. The van der Waals surface area contributed by atoms with E-state index in [9.17, 15) is 0 Å². The van der Waals surface area contributed by atoms with Crippen LogP contribution < -0.4 is 0 Å². The van der Waals surface area contributed by atoms with Gasteiger partial charge in [-0.1, -0.05) is 41.5 Å². The average molecular weight is 205 g/mol. The molecular formula is C14H23N. The van der Waals surface area contributed by atoms with Crippen LogP contribution >= 0.6 is 0 Å². The lowest BCUT2D eigenvalue weighted by molar-refractivity contribution is 0.519. The highest BCUT2D eigenvalue weighted by Gasteiger charge is 2.17. The number of aromatic nitrogens is 1. The zero-order valence-electron chi connectivity index (χ0n) is 10.8. The van der Waals surface area contributed by atoms with Crippen LogP contribution in [0.1, 0.15) is 58.7 Å². The van der Waals surface area contributed by atoms with Gasteiger partial charge in [0.05, 0.1) is 0 Å². The Bertz CT molecular complexity index is 320. The molecule has 0 saturated heterocycles. The fourth-order valence-corrected chi connectivity index (χ4v) is 1.51. The van der Waals surface area contributed by atoms with Gasteiger partial charge in [-0.2, -0.15) is 0 Å². The van der Waals surface area contributed by atoms with Crippen LogP contribution in [0.3, 0.4) is 0 Å². The summed E-state index contributed by atoms with van der Waals surface area (Å²) in [4.78, 5) is 4.47. The quantitative estimate of drug-likeness (QED) is 0.707. The van der Waals surface area contributed by atoms with Gasteiger partial charge in [-0.3, -0.25) is 4.98 Å². The first kappa shape index (κ1) is 12.2. The van der Waals surface area contributed by atoms with E-state index in [0.29, 0.717) is 11.8 Å². The van der Waals surface area contributed by atoms with Crippen LogP contribution in [0.2, 0.25) is 0 Å². The van der Waals surface area contributed by atoms with Gasteiger partial charge in [0.25, 0.3) is 0 Å². The average Bonchev–Trinajstić information content (AvgIpc) is 2.15. The van der Waals surface area contributed by atoms with Gasteiger partial charge in [-0.25, -0.2) is 0 Å². The summed E-state index contributed by atoms with van der Waals surface area (Å²) >= 11 is 0. The van der Waals surface area contributed by atoms with Crippen molar-refractivity contribution < 1.29 is 0 Å². The molecule has 15 heavy (non-hydrogen) atoms. The maximum atomic E-state index is 4.47. The van der Waals surface area contributed by atoms with Crippen molar-refractivity contribution in [3.8, 4) is 0 Å². The van der Waals surface area contributed by atoms with Crippen LogP contribution in [-0.4, -0.2) is 4.98 Å². The Labute approximate surface area is 93.9 Å². The summed E-state index contributed by atoms with van der Waals surface area (Å²) in [5, 5.41) is 0. The minimum atomic E-state index is 0.217. The van der Waals surface area contributed by atoms with Crippen LogP contribution in [0.15, 0.2) is 18.3 Å². The molecule has 1 aromatic heterocycles. The van der Waals surface area contributed by atoms with E-state index in [1.165, 1.54) is 11.3 Å². The van der Waals surface area contributed by atoms with Crippen molar-refractivity contribution in [3.05, 3.63) is 29.6 Å². The van der Waals surface area contributed by atoms with Crippen molar-refractivity contribution in [2.75, 3.05) is 0 Å². The van der Waals surface area contributed by atoms with Crippen LogP contribution in [0.4, 0.5) is 0 Å². The Hall–Kier alpha value is -0.850. The van der Waals surface area contributed by atoms with Crippen molar-refractivity contribution in [1.82, 2.24) is 4.98 Å². The molecule has 84 valence electrons. The second-order valence-corrected chi connectivity index (χ2v) is 5.75. The summed E-state index contributed by atoms with van der Waals surface area (Å²) in [6.45, 7) is 13.5. The van der Waals surface area contributed by atoms with E-state index in [1.54, 1.807) is 0 Å². The Morgan fingerprint density at radius 1 is 1.13 bits per heavy atom. The third-order valence-corrected chi connectivity index (χ3v) is 3.11. The van der Waals surface area contributed by atoms with E-state index < -0.39 is 0 Å². The van der Waals surface area contributed by atoms with Gasteiger partial charge in [-0.05, 0) is 29.0 Å². The number of pyridine rings is 1. The van der Waals surface area contributed by atoms with E-state index in [-0.39, 0.29) is 5.41 Å². The fourth-order valence-electron chi connectivity index (χ4n) is 1.51. The molecule has 1 rings (SSSR count). The molecule has 1 nitrogen and oxygen atoms in total. The van der Waals surface area contributed by atoms with Gasteiger partial charge < -0.3 is 0 Å².